The van der Waals surface area contributed by atoms with Gasteiger partial charge < -0.3 is 10.6 Å². The van der Waals surface area contributed by atoms with Crippen molar-refractivity contribution in [3.63, 3.8) is 0 Å². The van der Waals surface area contributed by atoms with E-state index in [9.17, 15) is 4.79 Å². The number of nitrogen functional groups attached to an aromatic ring is 1. The summed E-state index contributed by atoms with van der Waals surface area (Å²) >= 11 is 6.12. The molecule has 4 heteroatoms. The van der Waals surface area contributed by atoms with Crippen molar-refractivity contribution in [3.05, 3.63) is 28.8 Å². The highest BCUT2D eigenvalue weighted by atomic mass is 35.5. The summed E-state index contributed by atoms with van der Waals surface area (Å²) in [5, 5.41) is 0.426. The van der Waals surface area contributed by atoms with E-state index in [1.807, 2.05) is 4.90 Å². The molecule has 0 aromatic heterocycles. The van der Waals surface area contributed by atoms with Crippen LogP contribution in [0, 0.1) is 0 Å². The zero-order chi connectivity index (χ0) is 14.4. The van der Waals surface area contributed by atoms with Crippen molar-refractivity contribution >= 4 is 23.2 Å². The molecule has 0 aliphatic rings. The van der Waals surface area contributed by atoms with E-state index in [0.29, 0.717) is 16.3 Å². The molecule has 2 N–H and O–H groups in total. The predicted octanol–water partition coefficient (Wildman–Crippen LogP) is 3.96. The Morgan fingerprint density at radius 3 is 2.63 bits per heavy atom. The lowest BCUT2D eigenvalue weighted by atomic mass is 10.1. The molecule has 0 spiro atoms. The Hall–Kier alpha value is -1.22. The summed E-state index contributed by atoms with van der Waals surface area (Å²) in [5.74, 6) is -0.0640. The lowest BCUT2D eigenvalue weighted by molar-refractivity contribution is 0.0686. The summed E-state index contributed by atoms with van der Waals surface area (Å²) in [5.41, 5.74) is 6.78. The van der Waals surface area contributed by atoms with Gasteiger partial charge in [-0.3, -0.25) is 4.79 Å². The van der Waals surface area contributed by atoms with Crippen LogP contribution in [0.15, 0.2) is 18.2 Å². The Morgan fingerprint density at radius 1 is 1.42 bits per heavy atom. The number of rotatable bonds is 6. The van der Waals surface area contributed by atoms with Crippen molar-refractivity contribution in [1.29, 1.82) is 0 Å². The first-order valence-corrected chi connectivity index (χ1v) is 7.25. The maximum absolute atomic E-state index is 12.7. The fourth-order valence-electron chi connectivity index (χ4n) is 1.98. The minimum absolute atomic E-state index is 0.0640. The molecule has 1 aromatic carbocycles. The van der Waals surface area contributed by atoms with Crippen LogP contribution in [-0.4, -0.2) is 23.4 Å². The van der Waals surface area contributed by atoms with Crippen LogP contribution in [0.1, 0.15) is 50.4 Å². The van der Waals surface area contributed by atoms with Crippen molar-refractivity contribution in [1.82, 2.24) is 4.90 Å². The predicted molar refractivity (Wildman–Crippen MR) is 81.6 cm³/mol. The Kier molecular flexibility index (Phi) is 6.16. The van der Waals surface area contributed by atoms with Gasteiger partial charge in [0.25, 0.3) is 5.91 Å². The summed E-state index contributed by atoms with van der Waals surface area (Å²) in [7, 11) is 0. The average molecular weight is 283 g/mol. The first kappa shape index (κ1) is 15.8. The van der Waals surface area contributed by atoms with Gasteiger partial charge in [-0.05, 0) is 31.9 Å². The minimum atomic E-state index is -0.0640. The van der Waals surface area contributed by atoms with E-state index in [1.165, 1.54) is 0 Å². The largest absolute Gasteiger partial charge is 0.398 e. The molecular formula is C15H23ClN2O. The van der Waals surface area contributed by atoms with Gasteiger partial charge >= 0.3 is 0 Å². The first-order chi connectivity index (χ1) is 9.02. The Balaban J connectivity index is 3.05. The normalized spacial score (nSPS) is 12.2. The van der Waals surface area contributed by atoms with Gasteiger partial charge in [-0.2, -0.15) is 0 Å². The highest BCUT2D eigenvalue weighted by Gasteiger charge is 2.23. The molecule has 1 amide bonds. The van der Waals surface area contributed by atoms with Crippen LogP contribution in [0.3, 0.4) is 0 Å². The molecule has 0 fully saturated rings. The average Bonchev–Trinajstić information content (AvgIpc) is 2.38. The third-order valence-corrected chi connectivity index (χ3v) is 3.71. The molecule has 0 saturated carbocycles. The van der Waals surface area contributed by atoms with Gasteiger partial charge in [0.1, 0.15) is 0 Å². The van der Waals surface area contributed by atoms with E-state index in [0.717, 1.165) is 25.8 Å². The van der Waals surface area contributed by atoms with Crippen molar-refractivity contribution in [2.24, 2.45) is 0 Å². The van der Waals surface area contributed by atoms with Crippen molar-refractivity contribution in [2.45, 2.75) is 46.1 Å². The van der Waals surface area contributed by atoms with Gasteiger partial charge in [0, 0.05) is 18.3 Å². The number of nitrogens with zero attached hydrogens (tertiary/aromatic N) is 1. The molecule has 1 unspecified atom stereocenters. The number of carbonyl (C=O) groups excluding carboxylic acids is 1. The first-order valence-electron chi connectivity index (χ1n) is 6.87. The molecule has 1 aromatic rings. The van der Waals surface area contributed by atoms with Gasteiger partial charge in [0.05, 0.1) is 10.6 Å². The standard InChI is InChI=1S/C15H23ClN2O/c1-4-6-10-18(11(3)5-2)15(19)14-12(16)8-7-9-13(14)17/h7-9,11H,4-6,10,17H2,1-3H3. The molecule has 0 saturated heterocycles. The number of halogens is 1. The van der Waals surface area contributed by atoms with Crippen molar-refractivity contribution in [3.8, 4) is 0 Å². The fraction of sp³-hybridized carbons (Fsp3) is 0.533. The molecule has 106 valence electrons. The van der Waals surface area contributed by atoms with E-state index in [4.69, 9.17) is 17.3 Å². The summed E-state index contributed by atoms with van der Waals surface area (Å²) in [6.45, 7) is 6.99. The lowest BCUT2D eigenvalue weighted by Crippen LogP contribution is -2.39. The number of nitrogens with two attached hydrogens (primary N) is 1. The quantitative estimate of drug-likeness (QED) is 0.803. The summed E-state index contributed by atoms with van der Waals surface area (Å²) in [6, 6.07) is 5.37. The molecule has 0 aliphatic heterocycles. The third kappa shape index (κ3) is 3.87. The zero-order valence-corrected chi connectivity index (χ0v) is 12.7. The van der Waals surface area contributed by atoms with Crippen LogP contribution in [0.5, 0.6) is 0 Å². The second-order valence-corrected chi connectivity index (χ2v) is 5.22. The maximum Gasteiger partial charge on any atom is 0.257 e. The smallest absolute Gasteiger partial charge is 0.257 e. The Bertz CT molecular complexity index is 414. The van der Waals surface area contributed by atoms with Crippen LogP contribution >= 0.6 is 11.6 Å². The molecule has 0 bridgehead atoms. The Labute approximate surface area is 120 Å². The second kappa shape index (κ2) is 7.39. The van der Waals surface area contributed by atoms with Crippen LogP contribution < -0.4 is 5.73 Å². The zero-order valence-electron chi connectivity index (χ0n) is 11.9. The summed E-state index contributed by atoms with van der Waals surface area (Å²) < 4.78 is 0. The van der Waals surface area contributed by atoms with E-state index >= 15 is 0 Å². The second-order valence-electron chi connectivity index (χ2n) is 4.81. The number of hydrogen-bond acceptors (Lipinski definition) is 2. The van der Waals surface area contributed by atoms with Crippen LogP contribution in [0.4, 0.5) is 5.69 Å². The Morgan fingerprint density at radius 2 is 2.11 bits per heavy atom. The van der Waals surface area contributed by atoms with Gasteiger partial charge in [-0.15, -0.1) is 0 Å². The van der Waals surface area contributed by atoms with Crippen LogP contribution in [0.25, 0.3) is 0 Å². The van der Waals surface area contributed by atoms with E-state index in [-0.39, 0.29) is 11.9 Å². The SMILES string of the molecule is CCCCN(C(=O)c1c(N)cccc1Cl)C(C)CC. The highest BCUT2D eigenvalue weighted by Crippen LogP contribution is 2.25. The number of anilines is 1. The van der Waals surface area contributed by atoms with Crippen LogP contribution in [0.2, 0.25) is 5.02 Å². The number of benzene rings is 1. The molecular weight excluding hydrogens is 260 g/mol. The lowest BCUT2D eigenvalue weighted by Gasteiger charge is -2.29. The van der Waals surface area contributed by atoms with E-state index in [1.54, 1.807) is 18.2 Å². The van der Waals surface area contributed by atoms with E-state index in [2.05, 4.69) is 20.8 Å². The van der Waals surface area contributed by atoms with Crippen molar-refractivity contribution < 1.29 is 4.79 Å². The monoisotopic (exact) mass is 282 g/mol. The van der Waals surface area contributed by atoms with Gasteiger partial charge in [0.2, 0.25) is 0 Å². The molecule has 19 heavy (non-hydrogen) atoms. The molecule has 1 rings (SSSR count). The van der Waals surface area contributed by atoms with E-state index < -0.39 is 0 Å². The molecule has 0 heterocycles. The number of unbranched alkanes of at least 4 members (excludes halogenated alkanes) is 1. The summed E-state index contributed by atoms with van der Waals surface area (Å²) in [4.78, 5) is 14.5. The van der Waals surface area contributed by atoms with Crippen molar-refractivity contribution in [2.75, 3.05) is 12.3 Å². The molecule has 0 radical (unpaired) electrons. The number of hydrogen-bond donors (Lipinski definition) is 1. The maximum atomic E-state index is 12.7. The van der Waals surface area contributed by atoms with Gasteiger partial charge in [-0.1, -0.05) is 37.9 Å². The minimum Gasteiger partial charge on any atom is -0.398 e. The summed E-state index contributed by atoms with van der Waals surface area (Å²) in [6.07, 6.45) is 2.96. The third-order valence-electron chi connectivity index (χ3n) is 3.40. The number of amides is 1. The fourth-order valence-corrected chi connectivity index (χ4v) is 2.24. The van der Waals surface area contributed by atoms with Gasteiger partial charge in [-0.25, -0.2) is 0 Å². The molecule has 3 nitrogen and oxygen atoms in total. The van der Waals surface area contributed by atoms with Crippen LogP contribution in [-0.2, 0) is 0 Å². The molecule has 0 aliphatic carbocycles. The topological polar surface area (TPSA) is 46.3 Å². The highest BCUT2D eigenvalue weighted by molar-refractivity contribution is 6.34. The van der Waals surface area contributed by atoms with Gasteiger partial charge in [0.15, 0.2) is 0 Å². The number of carbonyl (C=O) groups is 1. The molecule has 1 atom stereocenters.